The van der Waals surface area contributed by atoms with Crippen LogP contribution in [0.2, 0.25) is 0 Å². The minimum atomic E-state index is -0.458. The van der Waals surface area contributed by atoms with Crippen LogP contribution in [-0.4, -0.2) is 31.9 Å². The van der Waals surface area contributed by atoms with Gasteiger partial charge in [-0.3, -0.25) is 0 Å². The zero-order chi connectivity index (χ0) is 13.0. The van der Waals surface area contributed by atoms with Crippen molar-refractivity contribution in [1.29, 1.82) is 0 Å². The molecule has 2 atom stereocenters. The molecule has 0 saturated heterocycles. The lowest BCUT2D eigenvalue weighted by atomic mass is 10.1. The van der Waals surface area contributed by atoms with Crippen molar-refractivity contribution in [3.8, 4) is 0 Å². The van der Waals surface area contributed by atoms with Crippen molar-refractivity contribution in [2.45, 2.75) is 26.0 Å². The van der Waals surface area contributed by atoms with E-state index in [4.69, 9.17) is 4.74 Å². The number of likely N-dealkylation sites (N-methyl/N-ethyl adjacent to an activating group) is 1. The highest BCUT2D eigenvalue weighted by Gasteiger charge is 2.12. The number of methoxy groups -OCH3 is 1. The van der Waals surface area contributed by atoms with E-state index in [2.05, 4.69) is 27.8 Å². The average molecular weight is 302 g/mol. The molecule has 17 heavy (non-hydrogen) atoms. The first-order valence-electron chi connectivity index (χ1n) is 5.66. The second kappa shape index (κ2) is 6.38. The Labute approximate surface area is 112 Å². The third-order valence-electron chi connectivity index (χ3n) is 2.91. The van der Waals surface area contributed by atoms with Crippen molar-refractivity contribution in [3.05, 3.63) is 28.2 Å². The van der Waals surface area contributed by atoms with Gasteiger partial charge in [0.1, 0.15) is 0 Å². The van der Waals surface area contributed by atoms with Crippen LogP contribution in [0.4, 0.5) is 5.69 Å². The summed E-state index contributed by atoms with van der Waals surface area (Å²) in [5.41, 5.74) is 2.01. The van der Waals surface area contributed by atoms with Gasteiger partial charge >= 0.3 is 0 Å². The van der Waals surface area contributed by atoms with Crippen molar-refractivity contribution in [1.82, 2.24) is 0 Å². The summed E-state index contributed by atoms with van der Waals surface area (Å²) in [5, 5.41) is 9.56. The average Bonchev–Trinajstić information content (AvgIpc) is 2.27. The van der Waals surface area contributed by atoms with Crippen LogP contribution < -0.4 is 4.90 Å². The summed E-state index contributed by atoms with van der Waals surface area (Å²) in [7, 11) is 3.74. The van der Waals surface area contributed by atoms with Gasteiger partial charge in [-0.2, -0.15) is 0 Å². The number of halogens is 1. The molecule has 0 bridgehead atoms. The molecular formula is C13H20BrNO2. The lowest BCUT2D eigenvalue weighted by Gasteiger charge is -2.27. The van der Waals surface area contributed by atoms with Crippen molar-refractivity contribution in [2.75, 3.05) is 25.7 Å². The molecule has 0 spiro atoms. The van der Waals surface area contributed by atoms with Gasteiger partial charge in [0, 0.05) is 30.4 Å². The molecule has 0 aliphatic heterocycles. The Bertz CT molecular complexity index is 368. The normalized spacial score (nSPS) is 14.5. The highest BCUT2D eigenvalue weighted by Crippen LogP contribution is 2.28. The number of nitrogens with zero attached hydrogens (tertiary/aromatic N) is 1. The number of aliphatic hydroxyl groups excluding tert-OH is 1. The Balaban J connectivity index is 2.89. The molecule has 0 aliphatic carbocycles. The fourth-order valence-electron chi connectivity index (χ4n) is 1.68. The first kappa shape index (κ1) is 14.5. The maximum Gasteiger partial charge on any atom is 0.0772 e. The Morgan fingerprint density at radius 1 is 1.41 bits per heavy atom. The van der Waals surface area contributed by atoms with Crippen LogP contribution in [0.25, 0.3) is 0 Å². The van der Waals surface area contributed by atoms with E-state index in [9.17, 15) is 5.11 Å². The third kappa shape index (κ3) is 3.69. The summed E-state index contributed by atoms with van der Waals surface area (Å²) in [5.74, 6) is 0. The van der Waals surface area contributed by atoms with Crippen LogP contribution in [0, 0.1) is 0 Å². The van der Waals surface area contributed by atoms with E-state index in [1.54, 1.807) is 14.0 Å². The Kier molecular flexibility index (Phi) is 5.43. The summed E-state index contributed by atoms with van der Waals surface area (Å²) in [6, 6.07) is 6.29. The van der Waals surface area contributed by atoms with E-state index in [0.29, 0.717) is 12.6 Å². The Hall–Kier alpha value is -0.580. The quantitative estimate of drug-likeness (QED) is 0.907. The molecule has 2 unspecified atom stereocenters. The van der Waals surface area contributed by atoms with Gasteiger partial charge < -0.3 is 14.7 Å². The number of hydrogen-bond acceptors (Lipinski definition) is 3. The van der Waals surface area contributed by atoms with E-state index in [-0.39, 0.29) is 0 Å². The molecule has 3 nitrogen and oxygen atoms in total. The van der Waals surface area contributed by atoms with Crippen LogP contribution >= 0.6 is 15.9 Å². The van der Waals surface area contributed by atoms with Gasteiger partial charge in [-0.05, 0) is 31.5 Å². The molecule has 0 aromatic heterocycles. The van der Waals surface area contributed by atoms with E-state index >= 15 is 0 Å². The molecule has 1 aromatic rings. The highest BCUT2D eigenvalue weighted by atomic mass is 79.9. The summed E-state index contributed by atoms with van der Waals surface area (Å²) in [6.45, 7) is 4.56. The van der Waals surface area contributed by atoms with Crippen molar-refractivity contribution < 1.29 is 9.84 Å². The molecule has 4 heteroatoms. The van der Waals surface area contributed by atoms with Gasteiger partial charge in [0.15, 0.2) is 0 Å². The number of aliphatic hydroxyl groups is 1. The first-order valence-corrected chi connectivity index (χ1v) is 6.46. The van der Waals surface area contributed by atoms with Gasteiger partial charge in [-0.15, -0.1) is 0 Å². The van der Waals surface area contributed by atoms with E-state index in [1.807, 2.05) is 25.2 Å². The molecule has 1 aromatic carbocycles. The third-order valence-corrected chi connectivity index (χ3v) is 3.60. The molecule has 1 rings (SSSR count). The molecule has 0 radical (unpaired) electrons. The highest BCUT2D eigenvalue weighted by molar-refractivity contribution is 9.10. The van der Waals surface area contributed by atoms with Gasteiger partial charge in [0.2, 0.25) is 0 Å². The summed E-state index contributed by atoms with van der Waals surface area (Å²) < 4.78 is 6.08. The smallest absolute Gasteiger partial charge is 0.0772 e. The largest absolute Gasteiger partial charge is 0.389 e. The topological polar surface area (TPSA) is 32.7 Å². The summed E-state index contributed by atoms with van der Waals surface area (Å²) in [6.07, 6.45) is -0.458. The first-order chi connectivity index (χ1) is 7.97. The lowest BCUT2D eigenvalue weighted by molar-refractivity contribution is 0.183. The maximum absolute atomic E-state index is 9.56. The predicted molar refractivity (Wildman–Crippen MR) is 74.5 cm³/mol. The number of ether oxygens (including phenoxy) is 1. The molecule has 0 saturated carbocycles. The second-order valence-electron chi connectivity index (χ2n) is 4.30. The van der Waals surface area contributed by atoms with E-state index in [1.165, 1.54) is 0 Å². The molecular weight excluding hydrogens is 282 g/mol. The van der Waals surface area contributed by atoms with Gasteiger partial charge in [0.05, 0.1) is 12.7 Å². The summed E-state index contributed by atoms with van der Waals surface area (Å²) in [4.78, 5) is 2.15. The number of benzene rings is 1. The number of anilines is 1. The fourth-order valence-corrected chi connectivity index (χ4v) is 2.38. The second-order valence-corrected chi connectivity index (χ2v) is 5.15. The lowest BCUT2D eigenvalue weighted by Crippen LogP contribution is -2.32. The van der Waals surface area contributed by atoms with Gasteiger partial charge in [0.25, 0.3) is 0 Å². The van der Waals surface area contributed by atoms with Crippen molar-refractivity contribution in [3.63, 3.8) is 0 Å². The minimum Gasteiger partial charge on any atom is -0.389 e. The van der Waals surface area contributed by atoms with E-state index in [0.717, 1.165) is 15.7 Å². The Morgan fingerprint density at radius 2 is 2.06 bits per heavy atom. The van der Waals surface area contributed by atoms with Crippen LogP contribution in [-0.2, 0) is 4.74 Å². The van der Waals surface area contributed by atoms with Crippen LogP contribution in [0.3, 0.4) is 0 Å². The zero-order valence-corrected chi connectivity index (χ0v) is 12.4. The molecule has 0 fully saturated rings. The minimum absolute atomic E-state index is 0.310. The number of rotatable bonds is 5. The zero-order valence-electron chi connectivity index (χ0n) is 10.8. The van der Waals surface area contributed by atoms with Crippen LogP contribution in [0.15, 0.2) is 22.7 Å². The molecule has 0 aliphatic rings. The molecule has 96 valence electrons. The monoisotopic (exact) mass is 301 g/mol. The Morgan fingerprint density at radius 3 is 2.53 bits per heavy atom. The predicted octanol–water partition coefficient (Wildman–Crippen LogP) is 2.97. The van der Waals surface area contributed by atoms with E-state index < -0.39 is 6.10 Å². The number of hydrogen-bond donors (Lipinski definition) is 1. The van der Waals surface area contributed by atoms with Crippen molar-refractivity contribution in [2.24, 2.45) is 0 Å². The SMILES string of the molecule is COCC(C)N(C)c1ccc(C(C)O)c(Br)c1. The fraction of sp³-hybridized carbons (Fsp3) is 0.538. The van der Waals surface area contributed by atoms with Crippen LogP contribution in [0.1, 0.15) is 25.5 Å². The standard InChI is InChI=1S/C13H20BrNO2/c1-9(8-17-4)15(3)11-5-6-12(10(2)16)13(14)7-11/h5-7,9-10,16H,8H2,1-4H3. The molecule has 1 N–H and O–H groups in total. The van der Waals surface area contributed by atoms with Crippen molar-refractivity contribution >= 4 is 21.6 Å². The van der Waals surface area contributed by atoms with Gasteiger partial charge in [-0.25, -0.2) is 0 Å². The molecule has 0 heterocycles. The van der Waals surface area contributed by atoms with Crippen LogP contribution in [0.5, 0.6) is 0 Å². The summed E-state index contributed by atoms with van der Waals surface area (Å²) >= 11 is 3.49. The maximum atomic E-state index is 9.56. The van der Waals surface area contributed by atoms with Gasteiger partial charge in [-0.1, -0.05) is 22.0 Å². The molecule has 0 amide bonds.